The summed E-state index contributed by atoms with van der Waals surface area (Å²) in [6.45, 7) is 3.83. The van der Waals surface area contributed by atoms with Crippen molar-refractivity contribution < 1.29 is 18.8 Å². The van der Waals surface area contributed by atoms with Crippen LogP contribution in [-0.2, 0) is 11.3 Å². The molecule has 0 bridgehead atoms. The Morgan fingerprint density at radius 3 is 2.50 bits per heavy atom. The van der Waals surface area contributed by atoms with Crippen LogP contribution in [0.1, 0.15) is 5.69 Å². The SMILES string of the molecule is O=C([C@@H]1COc2ccccc2O1)N1CCN(Cc2cc(-c3ccccc3)on2)CC1. The molecular formula is C23H23N3O4. The molecule has 1 fully saturated rings. The summed E-state index contributed by atoms with van der Waals surface area (Å²) >= 11 is 0. The zero-order valence-corrected chi connectivity index (χ0v) is 16.6. The summed E-state index contributed by atoms with van der Waals surface area (Å²) in [5, 5.41) is 4.20. The molecule has 2 aromatic carbocycles. The van der Waals surface area contributed by atoms with Crippen molar-refractivity contribution in [3.05, 3.63) is 66.4 Å². The first-order valence-electron chi connectivity index (χ1n) is 10.2. The minimum Gasteiger partial charge on any atom is -0.485 e. The van der Waals surface area contributed by atoms with E-state index in [-0.39, 0.29) is 12.5 Å². The highest BCUT2D eigenvalue weighted by Gasteiger charge is 2.32. The second-order valence-electron chi connectivity index (χ2n) is 7.51. The summed E-state index contributed by atoms with van der Waals surface area (Å²) in [7, 11) is 0. The maximum absolute atomic E-state index is 12.9. The number of hydrogen-bond acceptors (Lipinski definition) is 6. The Bertz CT molecular complexity index is 1010. The lowest BCUT2D eigenvalue weighted by molar-refractivity contribution is -0.143. The number of rotatable bonds is 4. The first kappa shape index (κ1) is 18.7. The molecule has 0 spiro atoms. The van der Waals surface area contributed by atoms with Crippen molar-refractivity contribution in [1.82, 2.24) is 15.0 Å². The fraction of sp³-hybridized carbons (Fsp3) is 0.304. The third-order valence-electron chi connectivity index (χ3n) is 5.47. The molecular weight excluding hydrogens is 382 g/mol. The van der Waals surface area contributed by atoms with E-state index in [1.165, 1.54) is 0 Å². The number of aromatic nitrogens is 1. The Labute approximate surface area is 174 Å². The Hall–Kier alpha value is -3.32. The van der Waals surface area contributed by atoms with Crippen molar-refractivity contribution in [2.24, 2.45) is 0 Å². The van der Waals surface area contributed by atoms with E-state index >= 15 is 0 Å². The zero-order chi connectivity index (χ0) is 20.3. The molecule has 30 heavy (non-hydrogen) atoms. The normalized spacial score (nSPS) is 18.9. The number of nitrogens with zero attached hydrogens (tertiary/aromatic N) is 3. The zero-order valence-electron chi connectivity index (χ0n) is 16.6. The van der Waals surface area contributed by atoms with Crippen LogP contribution in [0.3, 0.4) is 0 Å². The number of hydrogen-bond donors (Lipinski definition) is 0. The number of amides is 1. The smallest absolute Gasteiger partial charge is 0.267 e. The molecule has 5 rings (SSSR count). The second kappa shape index (κ2) is 8.20. The van der Waals surface area contributed by atoms with Gasteiger partial charge in [0.05, 0.1) is 5.69 Å². The monoisotopic (exact) mass is 405 g/mol. The Morgan fingerprint density at radius 2 is 1.70 bits per heavy atom. The van der Waals surface area contributed by atoms with Crippen LogP contribution in [0.25, 0.3) is 11.3 Å². The van der Waals surface area contributed by atoms with Crippen LogP contribution in [0, 0.1) is 0 Å². The minimum absolute atomic E-state index is 0.0167. The van der Waals surface area contributed by atoms with Crippen molar-refractivity contribution in [3.63, 3.8) is 0 Å². The maximum Gasteiger partial charge on any atom is 0.267 e. The standard InChI is InChI=1S/C23H23N3O4/c27-23(22-16-28-19-8-4-5-9-20(19)29-22)26-12-10-25(11-13-26)15-18-14-21(30-24-18)17-6-2-1-3-7-17/h1-9,14,22H,10-13,15-16H2/t22-/m0/s1. The van der Waals surface area contributed by atoms with E-state index in [9.17, 15) is 4.79 Å². The highest BCUT2D eigenvalue weighted by atomic mass is 16.6. The predicted octanol–water partition coefficient (Wildman–Crippen LogP) is 2.83. The molecule has 1 atom stereocenters. The van der Waals surface area contributed by atoms with Gasteiger partial charge in [0, 0.05) is 44.4 Å². The van der Waals surface area contributed by atoms with Gasteiger partial charge in [-0.15, -0.1) is 0 Å². The quantitative estimate of drug-likeness (QED) is 0.665. The van der Waals surface area contributed by atoms with Crippen LogP contribution in [-0.4, -0.2) is 59.8 Å². The fourth-order valence-electron chi connectivity index (χ4n) is 3.83. The van der Waals surface area contributed by atoms with E-state index in [2.05, 4.69) is 10.1 Å². The van der Waals surface area contributed by atoms with Gasteiger partial charge >= 0.3 is 0 Å². The number of benzene rings is 2. The molecule has 3 heterocycles. The third-order valence-corrected chi connectivity index (χ3v) is 5.47. The van der Waals surface area contributed by atoms with Crippen LogP contribution in [0.2, 0.25) is 0 Å². The molecule has 0 radical (unpaired) electrons. The molecule has 154 valence electrons. The number of ether oxygens (including phenoxy) is 2. The molecule has 2 aliphatic heterocycles. The van der Waals surface area contributed by atoms with Crippen LogP contribution in [0.5, 0.6) is 11.5 Å². The van der Waals surface area contributed by atoms with Gasteiger partial charge in [-0.3, -0.25) is 9.69 Å². The molecule has 0 saturated carbocycles. The summed E-state index contributed by atoms with van der Waals surface area (Å²) in [6, 6.07) is 19.4. The highest BCUT2D eigenvalue weighted by Crippen LogP contribution is 2.31. The number of carbonyl (C=O) groups is 1. The summed E-state index contributed by atoms with van der Waals surface area (Å²) in [6.07, 6.45) is -0.588. The molecule has 0 N–H and O–H groups in total. The lowest BCUT2D eigenvalue weighted by Crippen LogP contribution is -2.53. The predicted molar refractivity (Wildman–Crippen MR) is 110 cm³/mol. The van der Waals surface area contributed by atoms with Gasteiger partial charge in [-0.2, -0.15) is 0 Å². The number of piperazine rings is 1. The first-order valence-corrected chi connectivity index (χ1v) is 10.2. The van der Waals surface area contributed by atoms with Gasteiger partial charge < -0.3 is 18.9 Å². The average molecular weight is 405 g/mol. The van der Waals surface area contributed by atoms with E-state index < -0.39 is 6.10 Å². The van der Waals surface area contributed by atoms with E-state index in [0.29, 0.717) is 31.1 Å². The molecule has 1 aromatic heterocycles. The first-order chi connectivity index (χ1) is 14.8. The van der Waals surface area contributed by atoms with E-state index in [0.717, 1.165) is 30.1 Å². The summed E-state index contributed by atoms with van der Waals surface area (Å²) in [5.74, 6) is 2.07. The topological polar surface area (TPSA) is 68.0 Å². The van der Waals surface area contributed by atoms with Crippen LogP contribution in [0.4, 0.5) is 0 Å². The highest BCUT2D eigenvalue weighted by molar-refractivity contribution is 5.82. The Kier molecular flexibility index (Phi) is 5.11. The number of para-hydroxylation sites is 2. The van der Waals surface area contributed by atoms with Gasteiger partial charge in [0.1, 0.15) is 6.61 Å². The van der Waals surface area contributed by atoms with Crippen LogP contribution < -0.4 is 9.47 Å². The minimum atomic E-state index is -0.588. The van der Waals surface area contributed by atoms with Crippen LogP contribution >= 0.6 is 0 Å². The number of fused-ring (bicyclic) bond motifs is 1. The van der Waals surface area contributed by atoms with E-state index in [1.807, 2.05) is 65.6 Å². The van der Waals surface area contributed by atoms with Gasteiger partial charge in [0.25, 0.3) is 5.91 Å². The lowest BCUT2D eigenvalue weighted by Gasteiger charge is -2.36. The van der Waals surface area contributed by atoms with Crippen molar-refractivity contribution >= 4 is 5.91 Å². The van der Waals surface area contributed by atoms with Crippen molar-refractivity contribution in [2.45, 2.75) is 12.6 Å². The molecule has 1 amide bonds. The van der Waals surface area contributed by atoms with Gasteiger partial charge in [-0.25, -0.2) is 0 Å². The van der Waals surface area contributed by atoms with E-state index in [1.54, 1.807) is 0 Å². The van der Waals surface area contributed by atoms with Gasteiger partial charge in [0.2, 0.25) is 6.10 Å². The molecule has 7 nitrogen and oxygen atoms in total. The van der Waals surface area contributed by atoms with Gasteiger partial charge in [0.15, 0.2) is 17.3 Å². The average Bonchev–Trinajstić information content (AvgIpc) is 3.28. The molecule has 0 unspecified atom stereocenters. The van der Waals surface area contributed by atoms with Crippen molar-refractivity contribution in [2.75, 3.05) is 32.8 Å². The summed E-state index contributed by atoms with van der Waals surface area (Å²) < 4.78 is 17.0. The summed E-state index contributed by atoms with van der Waals surface area (Å²) in [5.41, 5.74) is 1.91. The molecule has 0 aliphatic carbocycles. The van der Waals surface area contributed by atoms with Gasteiger partial charge in [-0.1, -0.05) is 47.6 Å². The van der Waals surface area contributed by atoms with Crippen molar-refractivity contribution in [3.8, 4) is 22.8 Å². The molecule has 3 aromatic rings. The molecule has 2 aliphatic rings. The maximum atomic E-state index is 12.9. The Balaban J connectivity index is 1.14. The van der Waals surface area contributed by atoms with Gasteiger partial charge in [-0.05, 0) is 12.1 Å². The molecule has 7 heteroatoms. The third kappa shape index (κ3) is 3.89. The second-order valence-corrected chi connectivity index (χ2v) is 7.51. The largest absolute Gasteiger partial charge is 0.485 e. The van der Waals surface area contributed by atoms with Crippen LogP contribution in [0.15, 0.2) is 65.2 Å². The summed E-state index contributed by atoms with van der Waals surface area (Å²) in [4.78, 5) is 17.0. The lowest BCUT2D eigenvalue weighted by atomic mass is 10.1. The number of carbonyl (C=O) groups excluding carboxylic acids is 1. The Morgan fingerprint density at radius 1 is 0.967 bits per heavy atom. The van der Waals surface area contributed by atoms with Crippen molar-refractivity contribution in [1.29, 1.82) is 0 Å². The van der Waals surface area contributed by atoms with E-state index in [4.69, 9.17) is 14.0 Å². The molecule has 1 saturated heterocycles. The fourth-order valence-corrected chi connectivity index (χ4v) is 3.83.